The monoisotopic (exact) mass is 683 g/mol. The Morgan fingerprint density at radius 2 is 1.83 bits per heavy atom. The fourth-order valence-electron chi connectivity index (χ4n) is 6.38. The van der Waals surface area contributed by atoms with Crippen LogP contribution in [0.1, 0.15) is 42.1 Å². The largest absolute Gasteiger partial charge is 0.519 e. The summed E-state index contributed by atoms with van der Waals surface area (Å²) in [5.74, 6) is -4.23. The number of esters is 2. The molecule has 0 unspecified atom stereocenters. The Bertz CT molecular complexity index is 1780. The normalized spacial score (nSPS) is 27.4. The van der Waals surface area contributed by atoms with Crippen molar-refractivity contribution in [3.8, 4) is 0 Å². The molecule has 2 aromatic rings. The molecule has 6 rings (SSSR count). The highest BCUT2D eigenvalue weighted by Gasteiger charge is 2.60. The second-order valence-electron chi connectivity index (χ2n) is 11.8. The van der Waals surface area contributed by atoms with E-state index < -0.39 is 71.6 Å². The van der Waals surface area contributed by atoms with Gasteiger partial charge in [0.1, 0.15) is 25.0 Å². The van der Waals surface area contributed by atoms with Crippen LogP contribution in [0.2, 0.25) is 0 Å². The van der Waals surface area contributed by atoms with Gasteiger partial charge in [-0.25, -0.2) is 19.2 Å². The van der Waals surface area contributed by atoms with Crippen molar-refractivity contribution in [3.63, 3.8) is 0 Å². The van der Waals surface area contributed by atoms with Gasteiger partial charge < -0.3 is 38.4 Å². The lowest BCUT2D eigenvalue weighted by atomic mass is 9.79. The quantitative estimate of drug-likeness (QED) is 0.207. The molecule has 254 valence electrons. The molecule has 4 aliphatic rings. The summed E-state index contributed by atoms with van der Waals surface area (Å²) in [5.41, 5.74) is 0.529. The molecule has 2 saturated heterocycles. The molecule has 3 amide bonds. The van der Waals surface area contributed by atoms with Crippen molar-refractivity contribution in [1.82, 2.24) is 9.80 Å². The number of β-lactam (4-membered cyclic amide) rings is 1. The summed E-state index contributed by atoms with van der Waals surface area (Å²) in [7, 11) is 0. The molecule has 5 heterocycles. The lowest BCUT2D eigenvalue weighted by molar-refractivity contribution is -0.164. The number of aliphatic hydroxyl groups is 1. The molecule has 15 nitrogen and oxygen atoms in total. The number of hydrogen-bond donors (Lipinski definition) is 2. The van der Waals surface area contributed by atoms with E-state index in [1.165, 1.54) is 59.7 Å². The Balaban J connectivity index is 1.32. The first-order valence-corrected chi connectivity index (χ1v) is 16.2. The minimum Gasteiger partial charge on any atom is -0.458 e. The molecule has 48 heavy (non-hydrogen) atoms. The molecule has 16 heteroatoms. The molecule has 4 aliphatic heterocycles. The van der Waals surface area contributed by atoms with Gasteiger partial charge >= 0.3 is 23.9 Å². The minimum absolute atomic E-state index is 0.0149. The topological polar surface area (TPSA) is 195 Å². The molecule has 0 spiro atoms. The number of benzene rings is 1. The van der Waals surface area contributed by atoms with Crippen molar-refractivity contribution < 1.29 is 52.1 Å². The number of likely N-dealkylation sites (tertiary alicyclic amines) is 1. The number of rotatable bonds is 3. The fraction of sp³-hybridized carbons (Fsp3) is 0.438. The number of carbonyl (C=O) groups is 5. The van der Waals surface area contributed by atoms with Gasteiger partial charge in [0.15, 0.2) is 18.1 Å². The Kier molecular flexibility index (Phi) is 9.20. The number of anilines is 1. The highest BCUT2D eigenvalue weighted by atomic mass is 32.2. The molecule has 6 atom stereocenters. The summed E-state index contributed by atoms with van der Waals surface area (Å²) in [6.45, 7) is 4.18. The second-order valence-corrected chi connectivity index (χ2v) is 13.2. The standard InChI is InChI=1S/C32H33N3O12S/c1-15-24-23(16(2)36)28(38)35(24)25-26(15)48-20-12-21(34(13-20)31(41)45-14-22-17(3)46-32(42)47-22)27(37)33-19-8-6-7-18(11-19)29(39)43-9-4-5-10-44-30(25)40/h4-8,11,15-16,20-21,23-24,36H,9-10,12-14H2,1-3H3,(H,33,37)/b5-4-/t15-,16-,20+,21+,23-,24-/m1/s1. The number of ether oxygens (including phenoxy) is 3. The van der Waals surface area contributed by atoms with Crippen LogP contribution < -0.4 is 11.1 Å². The van der Waals surface area contributed by atoms with Crippen LogP contribution in [0.15, 0.2) is 60.6 Å². The maximum absolute atomic E-state index is 13.7. The van der Waals surface area contributed by atoms with Crippen molar-refractivity contribution in [1.29, 1.82) is 0 Å². The summed E-state index contributed by atoms with van der Waals surface area (Å²) < 4.78 is 25.9. The lowest BCUT2D eigenvalue weighted by Gasteiger charge is -2.46. The van der Waals surface area contributed by atoms with Gasteiger partial charge in [-0.3, -0.25) is 14.5 Å². The van der Waals surface area contributed by atoms with Crippen LogP contribution in [-0.4, -0.2) is 87.9 Å². The van der Waals surface area contributed by atoms with Crippen LogP contribution in [0.5, 0.6) is 0 Å². The zero-order chi connectivity index (χ0) is 34.3. The SMILES string of the molecule is Cc1oc(=O)oc1COC(=O)N1C[C@@H]2C[C@H]1C(=O)Nc1cccc(c1)C(=O)OC/C=C\COC(=O)C1=C(S2)[C@H](C)[C@@H]2[C@@H]([C@@H](C)O)C(=O)N12. The number of fused-ring (bicyclic) bond motifs is 6. The molecule has 2 N–H and O–H groups in total. The highest BCUT2D eigenvalue weighted by molar-refractivity contribution is 8.03. The van der Waals surface area contributed by atoms with Gasteiger partial charge in [0.05, 0.1) is 23.6 Å². The maximum atomic E-state index is 13.7. The lowest BCUT2D eigenvalue weighted by Crippen LogP contribution is -2.63. The number of cyclic esters (lactones) is 2. The number of nitrogens with zero attached hydrogens (tertiary/aromatic N) is 2. The van der Waals surface area contributed by atoms with Gasteiger partial charge in [-0.1, -0.05) is 13.0 Å². The van der Waals surface area contributed by atoms with Gasteiger partial charge in [0.25, 0.3) is 0 Å². The number of aliphatic hydroxyl groups excluding tert-OH is 1. The van der Waals surface area contributed by atoms with Crippen molar-refractivity contribution >= 4 is 47.3 Å². The second kappa shape index (κ2) is 13.4. The van der Waals surface area contributed by atoms with Gasteiger partial charge in [0, 0.05) is 28.3 Å². The summed E-state index contributed by atoms with van der Waals surface area (Å²) >= 11 is 1.26. The third-order valence-corrected chi connectivity index (χ3v) is 10.2. The number of hydrogen-bond acceptors (Lipinski definition) is 13. The van der Waals surface area contributed by atoms with Crippen LogP contribution in [0.4, 0.5) is 10.5 Å². The third kappa shape index (κ3) is 6.24. The van der Waals surface area contributed by atoms with Gasteiger partial charge in [0.2, 0.25) is 11.8 Å². The summed E-state index contributed by atoms with van der Waals surface area (Å²) in [6.07, 6.45) is 1.35. The van der Waals surface area contributed by atoms with Gasteiger partial charge in [-0.05, 0) is 50.6 Å². The van der Waals surface area contributed by atoms with Crippen LogP contribution in [0.3, 0.4) is 0 Å². The molecule has 1 aromatic heterocycles. The first-order chi connectivity index (χ1) is 22.9. The zero-order valence-electron chi connectivity index (χ0n) is 26.2. The van der Waals surface area contributed by atoms with Crippen molar-refractivity contribution in [3.05, 3.63) is 74.7 Å². The smallest absolute Gasteiger partial charge is 0.458 e. The molecule has 1 aromatic carbocycles. The van der Waals surface area contributed by atoms with E-state index in [-0.39, 0.29) is 54.9 Å². The Hall–Kier alpha value is -4.83. The molecule has 0 saturated carbocycles. The molecule has 0 radical (unpaired) electrons. The fourth-order valence-corrected chi connectivity index (χ4v) is 7.90. The van der Waals surface area contributed by atoms with Gasteiger partial charge in [-0.2, -0.15) is 0 Å². The summed E-state index contributed by atoms with van der Waals surface area (Å²) in [6, 6.07) is 4.61. The zero-order valence-corrected chi connectivity index (χ0v) is 27.0. The Morgan fingerprint density at radius 1 is 1.10 bits per heavy atom. The van der Waals surface area contributed by atoms with E-state index in [9.17, 15) is 33.9 Å². The summed E-state index contributed by atoms with van der Waals surface area (Å²) in [4.78, 5) is 81.0. The Labute approximate surface area is 277 Å². The van der Waals surface area contributed by atoms with E-state index >= 15 is 0 Å². The van der Waals surface area contributed by atoms with Crippen molar-refractivity contribution in [2.75, 3.05) is 25.1 Å². The van der Waals surface area contributed by atoms with E-state index in [0.717, 1.165) is 0 Å². The van der Waals surface area contributed by atoms with E-state index in [1.807, 2.05) is 6.92 Å². The number of amides is 3. The molecular weight excluding hydrogens is 650 g/mol. The van der Waals surface area contributed by atoms with E-state index in [4.69, 9.17) is 23.0 Å². The molecule has 2 fully saturated rings. The average Bonchev–Trinajstić information content (AvgIpc) is 3.68. The van der Waals surface area contributed by atoms with E-state index in [1.54, 1.807) is 12.1 Å². The number of nitrogens with one attached hydrogen (secondary N) is 1. The van der Waals surface area contributed by atoms with Crippen LogP contribution in [0.25, 0.3) is 0 Å². The first kappa shape index (κ1) is 33.1. The predicted molar refractivity (Wildman–Crippen MR) is 166 cm³/mol. The maximum Gasteiger partial charge on any atom is 0.519 e. The van der Waals surface area contributed by atoms with Crippen LogP contribution in [0, 0.1) is 18.8 Å². The van der Waals surface area contributed by atoms with Crippen LogP contribution >= 0.6 is 11.8 Å². The van der Waals surface area contributed by atoms with Crippen molar-refractivity contribution in [2.45, 2.75) is 57.2 Å². The molecule has 0 aliphatic carbocycles. The first-order valence-electron chi connectivity index (χ1n) is 15.3. The van der Waals surface area contributed by atoms with Gasteiger partial charge in [-0.15, -0.1) is 11.8 Å². The third-order valence-electron chi connectivity index (χ3n) is 8.71. The number of carbonyl (C=O) groups excluding carboxylic acids is 5. The highest BCUT2D eigenvalue weighted by Crippen LogP contribution is 2.52. The molecule has 4 bridgehead atoms. The van der Waals surface area contributed by atoms with E-state index in [2.05, 4.69) is 5.32 Å². The average molecular weight is 684 g/mol. The van der Waals surface area contributed by atoms with E-state index in [0.29, 0.717) is 10.6 Å². The number of aryl methyl sites for hydroxylation is 1. The molecular formula is C32H33N3O12S. The number of thioether (sulfide) groups is 1. The van der Waals surface area contributed by atoms with Crippen LogP contribution in [-0.2, 0) is 35.2 Å². The van der Waals surface area contributed by atoms with Crippen molar-refractivity contribution in [2.24, 2.45) is 11.8 Å². The Morgan fingerprint density at radius 3 is 2.52 bits per heavy atom. The minimum atomic E-state index is -1.05. The summed E-state index contributed by atoms with van der Waals surface area (Å²) in [5, 5.41) is 12.7. The predicted octanol–water partition coefficient (Wildman–Crippen LogP) is 2.33.